The van der Waals surface area contributed by atoms with Crippen molar-refractivity contribution < 1.29 is 24.5 Å². The number of aromatic hydroxyl groups is 1. The molecule has 3 rings (SSSR count). The van der Waals surface area contributed by atoms with Crippen LogP contribution in [0.1, 0.15) is 32.8 Å². The van der Waals surface area contributed by atoms with E-state index in [0.29, 0.717) is 30.8 Å². The number of ether oxygens (including phenoxy) is 1. The number of rotatable bonds is 7. The number of phenolic OH excluding ortho intramolecular Hbond substituents is 1. The molecule has 31 heavy (non-hydrogen) atoms. The summed E-state index contributed by atoms with van der Waals surface area (Å²) in [4.78, 5) is 30.4. The minimum atomic E-state index is -0.842. The van der Waals surface area contributed by atoms with Crippen molar-refractivity contribution in [2.45, 2.75) is 50.3 Å². The summed E-state index contributed by atoms with van der Waals surface area (Å²) in [5.74, 6) is 0.593. The van der Waals surface area contributed by atoms with Gasteiger partial charge in [-0.15, -0.1) is 23.5 Å². The first-order valence-electron chi connectivity index (χ1n) is 10.2. The smallest absolute Gasteiger partial charge is 0.407 e. The predicted octanol–water partition coefficient (Wildman–Crippen LogP) is 3.00. The van der Waals surface area contributed by atoms with Gasteiger partial charge in [0.25, 0.3) is 0 Å². The second kappa shape index (κ2) is 10.1. The Morgan fingerprint density at radius 2 is 2.03 bits per heavy atom. The maximum atomic E-state index is 11.8. The molecule has 1 aromatic rings. The van der Waals surface area contributed by atoms with Gasteiger partial charge in [0.15, 0.2) is 0 Å². The first-order valence-corrected chi connectivity index (χ1v) is 12.2. The van der Waals surface area contributed by atoms with E-state index in [-0.39, 0.29) is 17.2 Å². The third-order valence-electron chi connectivity index (χ3n) is 4.84. The molecule has 0 aliphatic carbocycles. The van der Waals surface area contributed by atoms with E-state index in [0.717, 1.165) is 10.8 Å². The molecule has 1 saturated heterocycles. The lowest BCUT2D eigenvalue weighted by molar-refractivity contribution is -0.142. The highest BCUT2D eigenvalue weighted by Crippen LogP contribution is 2.38. The summed E-state index contributed by atoms with van der Waals surface area (Å²) < 4.78 is 5.23. The van der Waals surface area contributed by atoms with Crippen LogP contribution in [0.15, 0.2) is 29.3 Å². The van der Waals surface area contributed by atoms with Crippen molar-refractivity contribution in [1.29, 1.82) is 0 Å². The Bertz CT molecular complexity index is 843. The molecular formula is C21H29N3O5S2. The second-order valence-electron chi connectivity index (χ2n) is 8.43. The first-order chi connectivity index (χ1) is 14.7. The summed E-state index contributed by atoms with van der Waals surface area (Å²) in [6, 6.07) is 6.47. The molecule has 2 aliphatic heterocycles. The highest BCUT2D eigenvalue weighted by Gasteiger charge is 2.43. The van der Waals surface area contributed by atoms with E-state index in [4.69, 9.17) is 9.73 Å². The van der Waals surface area contributed by atoms with Crippen LogP contribution in [0.5, 0.6) is 5.75 Å². The molecule has 1 aromatic carbocycles. The molecule has 0 spiro atoms. The number of benzene rings is 1. The van der Waals surface area contributed by atoms with Gasteiger partial charge in [0.1, 0.15) is 22.4 Å². The number of alkyl carbamates (subject to hydrolysis) is 1. The standard InChI is InChI=1S/C21H29N3O5S2/c1-21(2,3)29-20(28)22-9-6-10-24-15(19(26)27)12-31-18(24)14-11-30-17(23-14)13-7-4-5-8-16(13)25/h4-5,7-8,14-15,18,25H,6,9-12H2,1-3H3,(H,22,28)(H,26,27)/t14-,15+,18?/m1/s1. The van der Waals surface area contributed by atoms with Crippen LogP contribution in [0.25, 0.3) is 0 Å². The normalized spacial score (nSPS) is 24.1. The van der Waals surface area contributed by atoms with Gasteiger partial charge in [-0.25, -0.2) is 4.79 Å². The van der Waals surface area contributed by atoms with Gasteiger partial charge in [0.05, 0.1) is 11.4 Å². The number of aliphatic imine (C=N–C) groups is 1. The van der Waals surface area contributed by atoms with E-state index in [2.05, 4.69) is 5.32 Å². The molecule has 10 heteroatoms. The van der Waals surface area contributed by atoms with E-state index in [1.165, 1.54) is 0 Å². The van der Waals surface area contributed by atoms with Gasteiger partial charge in [-0.2, -0.15) is 0 Å². The Morgan fingerprint density at radius 1 is 1.29 bits per heavy atom. The van der Waals surface area contributed by atoms with Crippen molar-refractivity contribution in [2.24, 2.45) is 4.99 Å². The van der Waals surface area contributed by atoms with Crippen LogP contribution >= 0.6 is 23.5 Å². The van der Waals surface area contributed by atoms with Crippen molar-refractivity contribution in [2.75, 3.05) is 24.6 Å². The summed E-state index contributed by atoms with van der Waals surface area (Å²) in [6.07, 6.45) is 0.134. The Balaban J connectivity index is 1.61. The first kappa shape index (κ1) is 23.7. The van der Waals surface area contributed by atoms with Crippen LogP contribution in [-0.4, -0.2) is 79.9 Å². The average molecular weight is 468 g/mol. The number of nitrogens with zero attached hydrogens (tertiary/aromatic N) is 2. The molecule has 170 valence electrons. The maximum Gasteiger partial charge on any atom is 0.407 e. The van der Waals surface area contributed by atoms with Gasteiger partial charge in [-0.1, -0.05) is 12.1 Å². The molecule has 1 fully saturated rings. The number of hydrogen-bond acceptors (Lipinski definition) is 8. The van der Waals surface area contributed by atoms with Crippen molar-refractivity contribution >= 4 is 40.6 Å². The van der Waals surface area contributed by atoms with Gasteiger partial charge in [0, 0.05) is 30.2 Å². The van der Waals surface area contributed by atoms with Crippen LogP contribution in [0.2, 0.25) is 0 Å². The molecule has 3 atom stereocenters. The number of nitrogens with one attached hydrogen (secondary N) is 1. The number of aliphatic carboxylic acids is 1. The molecule has 8 nitrogen and oxygen atoms in total. The van der Waals surface area contributed by atoms with Crippen LogP contribution in [0.3, 0.4) is 0 Å². The van der Waals surface area contributed by atoms with Crippen molar-refractivity contribution in [3.63, 3.8) is 0 Å². The minimum Gasteiger partial charge on any atom is -0.507 e. The van der Waals surface area contributed by atoms with E-state index < -0.39 is 23.7 Å². The molecule has 1 amide bonds. The van der Waals surface area contributed by atoms with Crippen molar-refractivity contribution in [3.05, 3.63) is 29.8 Å². The highest BCUT2D eigenvalue weighted by atomic mass is 32.2. The Hall–Kier alpha value is -1.91. The van der Waals surface area contributed by atoms with Gasteiger partial charge < -0.3 is 20.3 Å². The zero-order valence-electron chi connectivity index (χ0n) is 17.9. The quantitative estimate of drug-likeness (QED) is 0.525. The number of para-hydroxylation sites is 1. The molecule has 0 aromatic heterocycles. The third-order valence-corrected chi connectivity index (χ3v) is 7.38. The zero-order chi connectivity index (χ0) is 22.6. The topological polar surface area (TPSA) is 111 Å². The average Bonchev–Trinajstić information content (AvgIpc) is 3.31. The monoisotopic (exact) mass is 467 g/mol. The van der Waals surface area contributed by atoms with Crippen molar-refractivity contribution in [1.82, 2.24) is 10.2 Å². The zero-order valence-corrected chi connectivity index (χ0v) is 19.5. The highest BCUT2D eigenvalue weighted by molar-refractivity contribution is 8.14. The molecule has 0 radical (unpaired) electrons. The Labute approximate surface area is 190 Å². The van der Waals surface area contributed by atoms with Gasteiger partial charge in [-0.05, 0) is 39.3 Å². The maximum absolute atomic E-state index is 11.8. The molecule has 2 aliphatic rings. The molecular weight excluding hydrogens is 438 g/mol. The Morgan fingerprint density at radius 3 is 2.71 bits per heavy atom. The number of carboxylic acid groups (broad SMARTS) is 1. The number of hydrogen-bond donors (Lipinski definition) is 3. The number of amides is 1. The predicted molar refractivity (Wildman–Crippen MR) is 124 cm³/mol. The number of thioether (sulfide) groups is 2. The fourth-order valence-corrected chi connectivity index (χ4v) is 6.27. The largest absolute Gasteiger partial charge is 0.507 e. The van der Waals surface area contributed by atoms with E-state index in [1.807, 2.05) is 17.0 Å². The second-order valence-corrected chi connectivity index (χ2v) is 10.6. The third kappa shape index (κ3) is 6.30. The fourth-order valence-electron chi connectivity index (χ4n) is 3.49. The Kier molecular flexibility index (Phi) is 7.77. The van der Waals surface area contributed by atoms with Crippen LogP contribution in [0, 0.1) is 0 Å². The van der Waals surface area contributed by atoms with Crippen molar-refractivity contribution in [3.8, 4) is 5.75 Å². The summed E-state index contributed by atoms with van der Waals surface area (Å²) >= 11 is 3.19. The summed E-state index contributed by atoms with van der Waals surface area (Å²) in [7, 11) is 0. The number of carboxylic acids is 1. The summed E-state index contributed by atoms with van der Waals surface area (Å²) in [6.45, 7) is 6.35. The molecule has 2 heterocycles. The fraction of sp³-hybridized carbons (Fsp3) is 0.571. The number of carbonyl (C=O) groups excluding carboxylic acids is 1. The lowest BCUT2D eigenvalue weighted by Crippen LogP contribution is -2.46. The van der Waals surface area contributed by atoms with Crippen LogP contribution < -0.4 is 5.32 Å². The summed E-state index contributed by atoms with van der Waals surface area (Å²) in [5.41, 5.74) is 0.152. The van der Waals surface area contributed by atoms with Gasteiger partial charge in [0.2, 0.25) is 0 Å². The van der Waals surface area contributed by atoms with E-state index in [1.54, 1.807) is 56.4 Å². The minimum absolute atomic E-state index is 0.0570. The van der Waals surface area contributed by atoms with Gasteiger partial charge >= 0.3 is 12.1 Å². The molecule has 1 unspecified atom stereocenters. The van der Waals surface area contributed by atoms with Crippen LogP contribution in [0.4, 0.5) is 4.79 Å². The van der Waals surface area contributed by atoms with E-state index in [9.17, 15) is 19.8 Å². The van der Waals surface area contributed by atoms with E-state index >= 15 is 0 Å². The number of phenols is 1. The SMILES string of the molecule is CC(C)(C)OC(=O)NCCCN1C([C@H]2CSC(c3ccccc3O)=N2)SC[C@H]1C(=O)O. The van der Waals surface area contributed by atoms with Gasteiger partial charge in [-0.3, -0.25) is 14.7 Å². The number of carbonyl (C=O) groups is 2. The molecule has 0 bridgehead atoms. The lowest BCUT2D eigenvalue weighted by atomic mass is 10.2. The molecule has 0 saturated carbocycles. The molecule has 3 N–H and O–H groups in total. The van der Waals surface area contributed by atoms with Crippen LogP contribution in [-0.2, 0) is 9.53 Å². The lowest BCUT2D eigenvalue weighted by Gasteiger charge is -2.29. The summed E-state index contributed by atoms with van der Waals surface area (Å²) in [5, 5.41) is 23.2.